The van der Waals surface area contributed by atoms with Crippen LogP contribution in [-0.2, 0) is 4.79 Å². The van der Waals surface area contributed by atoms with E-state index in [1.165, 1.54) is 0 Å². The van der Waals surface area contributed by atoms with Gasteiger partial charge in [0.1, 0.15) is 0 Å². The smallest absolute Gasteiger partial charge is 0.224 e. The molecule has 2 atom stereocenters. The summed E-state index contributed by atoms with van der Waals surface area (Å²) in [5.41, 5.74) is 5.40. The molecule has 1 heterocycles. The van der Waals surface area contributed by atoms with Crippen LogP contribution < -0.4 is 11.1 Å². The standard InChI is InChI=1S/C8H16N2OS/c1-6(4-9)10-8(11)7-2-3-12-5-7/h6-7H,2-5,9H2,1H3,(H,10,11)/t6-,7?/m1/s1. The first-order valence-electron chi connectivity index (χ1n) is 4.32. The number of thioether (sulfide) groups is 1. The Labute approximate surface area is 77.5 Å². The highest BCUT2D eigenvalue weighted by Gasteiger charge is 2.23. The number of rotatable bonds is 3. The van der Waals surface area contributed by atoms with Crippen LogP contribution in [0.2, 0.25) is 0 Å². The number of carbonyl (C=O) groups is 1. The van der Waals surface area contributed by atoms with Gasteiger partial charge in [-0.15, -0.1) is 0 Å². The lowest BCUT2D eigenvalue weighted by molar-refractivity contribution is -0.124. The van der Waals surface area contributed by atoms with Gasteiger partial charge in [0.15, 0.2) is 0 Å². The number of nitrogens with two attached hydrogens (primary N) is 1. The van der Waals surface area contributed by atoms with E-state index >= 15 is 0 Å². The molecular weight excluding hydrogens is 172 g/mol. The van der Waals surface area contributed by atoms with Crippen LogP contribution in [0.15, 0.2) is 0 Å². The van der Waals surface area contributed by atoms with Crippen molar-refractivity contribution >= 4 is 17.7 Å². The number of carbonyl (C=O) groups excluding carboxylic acids is 1. The molecule has 12 heavy (non-hydrogen) atoms. The lowest BCUT2D eigenvalue weighted by atomic mass is 10.1. The van der Waals surface area contributed by atoms with Crippen molar-refractivity contribution in [3.8, 4) is 0 Å². The van der Waals surface area contributed by atoms with Gasteiger partial charge >= 0.3 is 0 Å². The zero-order chi connectivity index (χ0) is 8.97. The average molecular weight is 188 g/mol. The van der Waals surface area contributed by atoms with Crippen LogP contribution in [0.5, 0.6) is 0 Å². The first-order chi connectivity index (χ1) is 5.74. The molecule has 1 fully saturated rings. The lowest BCUT2D eigenvalue weighted by Gasteiger charge is -2.14. The van der Waals surface area contributed by atoms with Crippen molar-refractivity contribution in [2.24, 2.45) is 11.7 Å². The third-order valence-electron chi connectivity index (χ3n) is 2.04. The Bertz CT molecular complexity index is 157. The second-order valence-corrected chi connectivity index (χ2v) is 4.36. The predicted molar refractivity (Wildman–Crippen MR) is 52.1 cm³/mol. The largest absolute Gasteiger partial charge is 0.352 e. The summed E-state index contributed by atoms with van der Waals surface area (Å²) < 4.78 is 0. The van der Waals surface area contributed by atoms with Crippen LogP contribution in [0.4, 0.5) is 0 Å². The van der Waals surface area contributed by atoms with Crippen LogP contribution in [0, 0.1) is 5.92 Å². The van der Waals surface area contributed by atoms with Gasteiger partial charge in [-0.2, -0.15) is 11.8 Å². The molecule has 0 aromatic rings. The SMILES string of the molecule is C[C@H](CN)NC(=O)C1CCSC1. The zero-order valence-corrected chi connectivity index (χ0v) is 8.19. The van der Waals surface area contributed by atoms with Crippen molar-refractivity contribution < 1.29 is 4.79 Å². The molecule has 70 valence electrons. The van der Waals surface area contributed by atoms with E-state index in [0.717, 1.165) is 17.9 Å². The minimum absolute atomic E-state index is 0.114. The Morgan fingerprint density at radius 2 is 2.58 bits per heavy atom. The van der Waals surface area contributed by atoms with Gasteiger partial charge in [0.2, 0.25) is 5.91 Å². The van der Waals surface area contributed by atoms with Crippen molar-refractivity contribution in [2.75, 3.05) is 18.1 Å². The summed E-state index contributed by atoms with van der Waals surface area (Å²) in [7, 11) is 0. The monoisotopic (exact) mass is 188 g/mol. The molecule has 3 N–H and O–H groups in total. The summed E-state index contributed by atoms with van der Waals surface area (Å²) in [6, 6.07) is 0.114. The maximum absolute atomic E-state index is 11.4. The van der Waals surface area contributed by atoms with Gasteiger partial charge in [-0.1, -0.05) is 0 Å². The van der Waals surface area contributed by atoms with E-state index in [9.17, 15) is 4.79 Å². The molecular formula is C8H16N2OS. The molecule has 1 unspecified atom stereocenters. The van der Waals surface area contributed by atoms with Crippen molar-refractivity contribution in [2.45, 2.75) is 19.4 Å². The molecule has 1 aliphatic heterocycles. The summed E-state index contributed by atoms with van der Waals surface area (Å²) in [5, 5.41) is 2.89. The summed E-state index contributed by atoms with van der Waals surface area (Å²) in [4.78, 5) is 11.4. The highest BCUT2D eigenvalue weighted by atomic mass is 32.2. The van der Waals surface area contributed by atoms with E-state index in [2.05, 4.69) is 5.32 Å². The molecule has 1 aliphatic rings. The van der Waals surface area contributed by atoms with Gasteiger partial charge in [-0.05, 0) is 19.1 Å². The van der Waals surface area contributed by atoms with Crippen LogP contribution in [0.1, 0.15) is 13.3 Å². The molecule has 0 aromatic carbocycles. The summed E-state index contributed by atoms with van der Waals surface area (Å²) in [6.07, 6.45) is 1.02. The van der Waals surface area contributed by atoms with Crippen molar-refractivity contribution in [1.82, 2.24) is 5.32 Å². The van der Waals surface area contributed by atoms with E-state index in [4.69, 9.17) is 5.73 Å². The fourth-order valence-electron chi connectivity index (χ4n) is 1.16. The van der Waals surface area contributed by atoms with Gasteiger partial charge in [-0.3, -0.25) is 4.79 Å². The van der Waals surface area contributed by atoms with E-state index in [1.54, 1.807) is 0 Å². The Kier molecular flexibility index (Phi) is 3.88. The van der Waals surface area contributed by atoms with Crippen LogP contribution in [0.25, 0.3) is 0 Å². The number of hydrogen-bond donors (Lipinski definition) is 2. The normalized spacial score (nSPS) is 25.3. The summed E-state index contributed by atoms with van der Waals surface area (Å²) in [5.74, 6) is 2.50. The Morgan fingerprint density at radius 3 is 3.08 bits per heavy atom. The molecule has 0 aromatic heterocycles. The van der Waals surface area contributed by atoms with E-state index < -0.39 is 0 Å². The Hall–Kier alpha value is -0.220. The van der Waals surface area contributed by atoms with Crippen molar-refractivity contribution in [3.05, 3.63) is 0 Å². The highest BCUT2D eigenvalue weighted by Crippen LogP contribution is 2.23. The van der Waals surface area contributed by atoms with Crippen LogP contribution in [0.3, 0.4) is 0 Å². The quantitative estimate of drug-likeness (QED) is 0.665. The van der Waals surface area contributed by atoms with Crippen LogP contribution in [-0.4, -0.2) is 30.0 Å². The third kappa shape index (κ3) is 2.68. The maximum Gasteiger partial charge on any atom is 0.224 e. The average Bonchev–Trinajstić information content (AvgIpc) is 2.56. The molecule has 1 rings (SSSR count). The second-order valence-electron chi connectivity index (χ2n) is 3.21. The van der Waals surface area contributed by atoms with Gasteiger partial charge < -0.3 is 11.1 Å². The highest BCUT2D eigenvalue weighted by molar-refractivity contribution is 7.99. The third-order valence-corrected chi connectivity index (χ3v) is 3.21. The molecule has 1 amide bonds. The molecule has 4 heteroatoms. The van der Waals surface area contributed by atoms with E-state index in [-0.39, 0.29) is 17.9 Å². The summed E-state index contributed by atoms with van der Waals surface area (Å²) in [6.45, 7) is 2.45. The lowest BCUT2D eigenvalue weighted by Crippen LogP contribution is -2.41. The molecule has 0 aliphatic carbocycles. The van der Waals surface area contributed by atoms with Gasteiger partial charge in [0.05, 0.1) is 0 Å². The molecule has 0 spiro atoms. The minimum Gasteiger partial charge on any atom is -0.352 e. The van der Waals surface area contributed by atoms with Gasteiger partial charge in [-0.25, -0.2) is 0 Å². The van der Waals surface area contributed by atoms with Crippen molar-refractivity contribution in [1.29, 1.82) is 0 Å². The fourth-order valence-corrected chi connectivity index (χ4v) is 2.38. The first kappa shape index (κ1) is 9.86. The topological polar surface area (TPSA) is 55.1 Å². The first-order valence-corrected chi connectivity index (χ1v) is 5.47. The molecule has 3 nitrogen and oxygen atoms in total. The van der Waals surface area contributed by atoms with E-state index in [0.29, 0.717) is 6.54 Å². The zero-order valence-electron chi connectivity index (χ0n) is 7.38. The fraction of sp³-hybridized carbons (Fsp3) is 0.875. The minimum atomic E-state index is 0.114. The van der Waals surface area contributed by atoms with Gasteiger partial charge in [0, 0.05) is 24.3 Å². The Balaban J connectivity index is 2.27. The summed E-state index contributed by atoms with van der Waals surface area (Å²) >= 11 is 1.85. The number of nitrogens with one attached hydrogen (secondary N) is 1. The van der Waals surface area contributed by atoms with Gasteiger partial charge in [0.25, 0.3) is 0 Å². The molecule has 0 bridgehead atoms. The number of amides is 1. The maximum atomic E-state index is 11.4. The predicted octanol–water partition coefficient (Wildman–Crippen LogP) is 0.203. The number of hydrogen-bond acceptors (Lipinski definition) is 3. The van der Waals surface area contributed by atoms with E-state index in [1.807, 2.05) is 18.7 Å². The molecule has 1 saturated heterocycles. The van der Waals surface area contributed by atoms with Crippen molar-refractivity contribution in [3.63, 3.8) is 0 Å². The molecule has 0 radical (unpaired) electrons. The molecule has 0 saturated carbocycles. The van der Waals surface area contributed by atoms with Crippen LogP contribution >= 0.6 is 11.8 Å². The second kappa shape index (κ2) is 4.72. The Morgan fingerprint density at radius 1 is 1.83 bits per heavy atom.